The maximum absolute atomic E-state index is 11.9. The first kappa shape index (κ1) is 15.6. The van der Waals surface area contributed by atoms with E-state index in [-0.39, 0.29) is 31.2 Å². The van der Waals surface area contributed by atoms with Crippen molar-refractivity contribution in [1.82, 2.24) is 0 Å². The number of hydrogen-bond acceptors (Lipinski definition) is 4. The smallest absolute Gasteiger partial charge is 0.336 e. The third-order valence-corrected chi connectivity index (χ3v) is 3.93. The molecule has 0 aliphatic rings. The summed E-state index contributed by atoms with van der Waals surface area (Å²) in [5.74, 6) is -0.167. The molecule has 0 aliphatic carbocycles. The lowest BCUT2D eigenvalue weighted by Crippen LogP contribution is -2.08. The minimum Gasteiger partial charge on any atom is -0.423 e. The highest BCUT2D eigenvalue weighted by Crippen LogP contribution is 2.35. The van der Waals surface area contributed by atoms with Crippen molar-refractivity contribution in [1.29, 1.82) is 0 Å². The molecule has 0 saturated carbocycles. The quantitative estimate of drug-likeness (QED) is 0.623. The monoisotopic (exact) mass is 310 g/mol. The molecule has 2 rings (SSSR count). The largest absolute Gasteiger partial charge is 0.423 e. The van der Waals surface area contributed by atoms with Gasteiger partial charge in [-0.3, -0.25) is 9.36 Å². The summed E-state index contributed by atoms with van der Waals surface area (Å²) in [5, 5.41) is 0.695. The van der Waals surface area contributed by atoms with Gasteiger partial charge < -0.3 is 14.2 Å². The summed E-state index contributed by atoms with van der Waals surface area (Å²) in [6.45, 7) is 0. The lowest BCUT2D eigenvalue weighted by molar-refractivity contribution is -0.118. The predicted molar refractivity (Wildman–Crippen MR) is 77.3 cm³/mol. The second kappa shape index (κ2) is 6.35. The fourth-order valence-electron chi connectivity index (χ4n) is 2.11. The highest BCUT2D eigenvalue weighted by molar-refractivity contribution is 7.51. The molecule has 1 heterocycles. The van der Waals surface area contributed by atoms with E-state index in [1.54, 1.807) is 24.3 Å². The molecule has 0 amide bonds. The zero-order chi connectivity index (χ0) is 15.5. The Bertz CT molecular complexity index is 757. The number of fused-ring (bicyclic) bond motifs is 1. The average molecular weight is 310 g/mol. The topological polar surface area (TPSA) is 105 Å². The molecule has 21 heavy (non-hydrogen) atoms. The number of hydrogen-bond donors (Lipinski definition) is 2. The number of rotatable bonds is 6. The van der Waals surface area contributed by atoms with E-state index in [9.17, 15) is 14.2 Å². The van der Waals surface area contributed by atoms with Gasteiger partial charge in [-0.05, 0) is 18.1 Å². The molecule has 112 valence electrons. The highest BCUT2D eigenvalue weighted by atomic mass is 31.2. The Labute approximate surface area is 120 Å². The van der Waals surface area contributed by atoms with Crippen molar-refractivity contribution in [2.24, 2.45) is 0 Å². The standard InChI is InChI=1S/C14H15O6P/c15-11(4-3-7-21(17,18)19)8-10-9-14(16)20-13-6-2-1-5-12(10)13/h1-2,5-6,9H,3-4,7-8H2,(H2,17,18,19). The van der Waals surface area contributed by atoms with Crippen LogP contribution in [-0.2, 0) is 15.8 Å². The van der Waals surface area contributed by atoms with Gasteiger partial charge in [0.25, 0.3) is 0 Å². The molecule has 0 unspecified atom stereocenters. The average Bonchev–Trinajstić information content (AvgIpc) is 2.36. The molecule has 0 aliphatic heterocycles. The van der Waals surface area contributed by atoms with E-state index in [0.717, 1.165) is 0 Å². The van der Waals surface area contributed by atoms with Crippen LogP contribution >= 0.6 is 7.60 Å². The third kappa shape index (κ3) is 4.63. The van der Waals surface area contributed by atoms with Crippen LogP contribution in [0.15, 0.2) is 39.5 Å². The van der Waals surface area contributed by atoms with Crippen molar-refractivity contribution in [3.63, 3.8) is 0 Å². The first-order chi connectivity index (χ1) is 9.85. The molecule has 1 aromatic carbocycles. The first-order valence-corrected chi connectivity index (χ1v) is 8.23. The normalized spacial score (nSPS) is 11.7. The van der Waals surface area contributed by atoms with Gasteiger partial charge in [-0.15, -0.1) is 0 Å². The van der Waals surface area contributed by atoms with Gasteiger partial charge in [0.05, 0.1) is 6.16 Å². The Hall–Kier alpha value is -1.75. The van der Waals surface area contributed by atoms with E-state index in [2.05, 4.69) is 0 Å². The Morgan fingerprint density at radius 3 is 2.67 bits per heavy atom. The Balaban J connectivity index is 2.11. The Kier molecular flexibility index (Phi) is 4.73. The Morgan fingerprint density at radius 2 is 1.95 bits per heavy atom. The number of carbonyl (C=O) groups is 1. The molecular weight excluding hydrogens is 295 g/mol. The molecule has 6 nitrogen and oxygen atoms in total. The van der Waals surface area contributed by atoms with Gasteiger partial charge in [-0.1, -0.05) is 18.2 Å². The van der Waals surface area contributed by atoms with E-state index >= 15 is 0 Å². The van der Waals surface area contributed by atoms with Crippen LogP contribution < -0.4 is 5.63 Å². The summed E-state index contributed by atoms with van der Waals surface area (Å²) < 4.78 is 15.8. The fraction of sp³-hybridized carbons (Fsp3) is 0.286. The molecule has 0 fully saturated rings. The minimum absolute atomic E-state index is 0.0489. The second-order valence-electron chi connectivity index (χ2n) is 4.79. The van der Waals surface area contributed by atoms with Gasteiger partial charge in [0, 0.05) is 24.3 Å². The van der Waals surface area contributed by atoms with E-state index in [4.69, 9.17) is 14.2 Å². The van der Waals surface area contributed by atoms with Crippen molar-refractivity contribution in [3.8, 4) is 0 Å². The summed E-state index contributed by atoms with van der Waals surface area (Å²) in [4.78, 5) is 40.8. The van der Waals surface area contributed by atoms with Gasteiger partial charge in [-0.25, -0.2) is 4.79 Å². The van der Waals surface area contributed by atoms with E-state index in [1.165, 1.54) is 6.07 Å². The lowest BCUT2D eigenvalue weighted by atomic mass is 10.0. The second-order valence-corrected chi connectivity index (χ2v) is 6.57. The molecule has 0 radical (unpaired) electrons. The van der Waals surface area contributed by atoms with Gasteiger partial charge in [0.1, 0.15) is 11.4 Å². The van der Waals surface area contributed by atoms with Gasteiger partial charge in [0.2, 0.25) is 0 Å². The molecule has 2 N–H and O–H groups in total. The molecule has 1 aromatic heterocycles. The number of para-hydroxylation sites is 1. The molecule has 0 atom stereocenters. The van der Waals surface area contributed by atoms with Crippen LogP contribution in [0.25, 0.3) is 11.0 Å². The number of Topliss-reactive ketones (excluding diaryl/α,β-unsaturated/α-hetero) is 1. The molecule has 2 aromatic rings. The number of ketones is 1. The summed E-state index contributed by atoms with van der Waals surface area (Å²) in [6.07, 6.45) is -0.0637. The van der Waals surface area contributed by atoms with Crippen LogP contribution in [0.3, 0.4) is 0 Å². The van der Waals surface area contributed by atoms with Crippen molar-refractivity contribution in [2.45, 2.75) is 19.3 Å². The van der Waals surface area contributed by atoms with Gasteiger partial charge in [0.15, 0.2) is 0 Å². The summed E-state index contributed by atoms with van der Waals surface area (Å²) >= 11 is 0. The zero-order valence-corrected chi connectivity index (χ0v) is 12.1. The van der Waals surface area contributed by atoms with Gasteiger partial charge in [-0.2, -0.15) is 0 Å². The van der Waals surface area contributed by atoms with Crippen LogP contribution in [-0.4, -0.2) is 21.7 Å². The van der Waals surface area contributed by atoms with Gasteiger partial charge >= 0.3 is 13.2 Å². The van der Waals surface area contributed by atoms with Crippen LogP contribution in [0.4, 0.5) is 0 Å². The van der Waals surface area contributed by atoms with Crippen molar-refractivity contribution >= 4 is 24.3 Å². The van der Waals surface area contributed by atoms with E-state index < -0.39 is 13.2 Å². The van der Waals surface area contributed by atoms with E-state index in [0.29, 0.717) is 16.5 Å². The van der Waals surface area contributed by atoms with Crippen LogP contribution in [0.1, 0.15) is 18.4 Å². The van der Waals surface area contributed by atoms with Crippen LogP contribution in [0.2, 0.25) is 0 Å². The summed E-state index contributed by atoms with van der Waals surface area (Å²) in [7, 11) is -4.07. The molecule has 0 spiro atoms. The first-order valence-electron chi connectivity index (χ1n) is 6.43. The van der Waals surface area contributed by atoms with Crippen molar-refractivity contribution < 1.29 is 23.6 Å². The predicted octanol–water partition coefficient (Wildman–Crippen LogP) is 1.86. The summed E-state index contributed by atoms with van der Waals surface area (Å²) in [5.41, 5.74) is 0.470. The van der Waals surface area contributed by atoms with Crippen molar-refractivity contribution in [2.75, 3.05) is 6.16 Å². The SMILES string of the molecule is O=C(CCCP(=O)(O)O)Cc1cc(=O)oc2ccccc12. The maximum Gasteiger partial charge on any atom is 0.336 e. The van der Waals surface area contributed by atoms with Crippen molar-refractivity contribution in [3.05, 3.63) is 46.3 Å². The van der Waals surface area contributed by atoms with Crippen LogP contribution in [0.5, 0.6) is 0 Å². The third-order valence-electron chi connectivity index (χ3n) is 3.03. The molecule has 7 heteroatoms. The molecule has 0 saturated heterocycles. The Morgan fingerprint density at radius 1 is 1.24 bits per heavy atom. The molecule has 0 bridgehead atoms. The highest BCUT2D eigenvalue weighted by Gasteiger charge is 2.14. The van der Waals surface area contributed by atoms with Crippen LogP contribution in [0, 0.1) is 0 Å². The lowest BCUT2D eigenvalue weighted by Gasteiger charge is -2.05. The maximum atomic E-state index is 11.9. The zero-order valence-electron chi connectivity index (χ0n) is 11.2. The summed E-state index contributed by atoms with van der Waals surface area (Å²) in [6, 6.07) is 8.21. The van der Waals surface area contributed by atoms with E-state index in [1.807, 2.05) is 0 Å². The fourth-order valence-corrected chi connectivity index (χ4v) is 2.68. The molecular formula is C14H15O6P. The number of carbonyl (C=O) groups excluding carboxylic acids is 1. The number of benzene rings is 1. The minimum atomic E-state index is -4.07.